The van der Waals surface area contributed by atoms with Crippen molar-refractivity contribution in [3.05, 3.63) is 29.3 Å². The van der Waals surface area contributed by atoms with Crippen molar-refractivity contribution >= 4 is 23.2 Å². The van der Waals surface area contributed by atoms with Gasteiger partial charge < -0.3 is 10.2 Å². The Balaban J connectivity index is 1.96. The molecule has 1 aliphatic heterocycles. The lowest BCUT2D eigenvalue weighted by Crippen LogP contribution is -2.37. The van der Waals surface area contributed by atoms with Crippen LogP contribution in [-0.2, 0) is 4.79 Å². The average Bonchev–Trinajstić information content (AvgIpc) is 2.44. The molecule has 1 heterocycles. The third-order valence-electron chi connectivity index (χ3n) is 4.22. The molecule has 2 rings (SSSR count). The maximum atomic E-state index is 12.5. The van der Waals surface area contributed by atoms with Gasteiger partial charge in [-0.05, 0) is 69.6 Å². The molecule has 110 valence electrons. The van der Waals surface area contributed by atoms with Crippen molar-refractivity contribution in [3.8, 4) is 0 Å². The van der Waals surface area contributed by atoms with Gasteiger partial charge >= 0.3 is 0 Å². The van der Waals surface area contributed by atoms with Gasteiger partial charge in [0.25, 0.3) is 0 Å². The van der Waals surface area contributed by atoms with Crippen molar-refractivity contribution in [1.29, 1.82) is 0 Å². The fraction of sp³-hybridized carbons (Fsp3) is 0.562. The molecule has 4 heteroatoms. The van der Waals surface area contributed by atoms with E-state index in [1.807, 2.05) is 12.1 Å². The summed E-state index contributed by atoms with van der Waals surface area (Å²) in [5, 5.41) is 3.70. The summed E-state index contributed by atoms with van der Waals surface area (Å²) >= 11 is 5.86. The molecule has 3 nitrogen and oxygen atoms in total. The number of hydrogen-bond acceptors (Lipinski definition) is 2. The smallest absolute Gasteiger partial charge is 0.227 e. The maximum Gasteiger partial charge on any atom is 0.227 e. The van der Waals surface area contributed by atoms with Crippen LogP contribution in [0.2, 0.25) is 5.02 Å². The number of nitrogens with zero attached hydrogens (tertiary/aromatic N) is 1. The number of amides is 1. The van der Waals surface area contributed by atoms with Crippen molar-refractivity contribution in [2.75, 3.05) is 25.5 Å². The summed E-state index contributed by atoms with van der Waals surface area (Å²) in [6.07, 6.45) is 3.12. The number of nitrogens with one attached hydrogen (secondary N) is 1. The summed E-state index contributed by atoms with van der Waals surface area (Å²) in [5.41, 5.74) is 0.825. The van der Waals surface area contributed by atoms with E-state index in [0.717, 1.165) is 38.0 Å². The zero-order valence-corrected chi connectivity index (χ0v) is 13.0. The van der Waals surface area contributed by atoms with E-state index < -0.39 is 0 Å². The summed E-state index contributed by atoms with van der Waals surface area (Å²) in [6, 6.07) is 7.30. The van der Waals surface area contributed by atoms with Crippen molar-refractivity contribution in [1.82, 2.24) is 4.90 Å². The quantitative estimate of drug-likeness (QED) is 0.919. The van der Waals surface area contributed by atoms with Crippen molar-refractivity contribution < 1.29 is 4.79 Å². The first-order valence-corrected chi connectivity index (χ1v) is 7.73. The maximum absolute atomic E-state index is 12.5. The molecule has 1 unspecified atom stereocenters. The van der Waals surface area contributed by atoms with Crippen LogP contribution in [-0.4, -0.2) is 30.9 Å². The van der Waals surface area contributed by atoms with E-state index in [1.165, 1.54) is 0 Å². The number of halogens is 1. The van der Waals surface area contributed by atoms with Gasteiger partial charge in [0.05, 0.1) is 0 Å². The highest BCUT2D eigenvalue weighted by Gasteiger charge is 2.29. The Morgan fingerprint density at radius 2 is 1.95 bits per heavy atom. The van der Waals surface area contributed by atoms with Gasteiger partial charge in [-0.3, -0.25) is 4.79 Å². The minimum atomic E-state index is 0.111. The molecule has 0 radical (unpaired) electrons. The van der Waals surface area contributed by atoms with Gasteiger partial charge in [0.1, 0.15) is 0 Å². The van der Waals surface area contributed by atoms with Crippen molar-refractivity contribution in [3.63, 3.8) is 0 Å². The van der Waals surface area contributed by atoms with Crippen LogP contribution in [0.25, 0.3) is 0 Å². The molecule has 1 N–H and O–H groups in total. The predicted molar refractivity (Wildman–Crippen MR) is 84.1 cm³/mol. The van der Waals surface area contributed by atoms with E-state index in [9.17, 15) is 4.79 Å². The lowest BCUT2D eigenvalue weighted by molar-refractivity contribution is -0.122. The molecule has 1 aromatic rings. The van der Waals surface area contributed by atoms with Crippen LogP contribution in [0.15, 0.2) is 24.3 Å². The lowest BCUT2D eigenvalue weighted by atomic mass is 9.82. The molecule has 1 atom stereocenters. The second kappa shape index (κ2) is 7.09. The topological polar surface area (TPSA) is 32.3 Å². The Morgan fingerprint density at radius 1 is 1.35 bits per heavy atom. The first-order chi connectivity index (χ1) is 9.60. The van der Waals surface area contributed by atoms with Crippen LogP contribution < -0.4 is 5.32 Å². The molecule has 1 amide bonds. The summed E-state index contributed by atoms with van der Waals surface area (Å²) in [7, 11) is 2.14. The molecular formula is C16H23ClN2O. The van der Waals surface area contributed by atoms with Gasteiger partial charge in [-0.1, -0.05) is 18.5 Å². The Labute approximate surface area is 126 Å². The van der Waals surface area contributed by atoms with Crippen LogP contribution in [0.5, 0.6) is 0 Å². The second-order valence-corrected chi connectivity index (χ2v) is 6.09. The van der Waals surface area contributed by atoms with E-state index in [1.54, 1.807) is 12.1 Å². The summed E-state index contributed by atoms with van der Waals surface area (Å²) < 4.78 is 0. The minimum absolute atomic E-state index is 0.111. The number of likely N-dealkylation sites (tertiary alicyclic amines) is 1. The molecule has 20 heavy (non-hydrogen) atoms. The van der Waals surface area contributed by atoms with Gasteiger partial charge in [0, 0.05) is 16.6 Å². The summed E-state index contributed by atoms with van der Waals surface area (Å²) in [4.78, 5) is 14.8. The standard InChI is InChI=1S/C16H23ClN2O/c1-3-15(12-8-10-19(2)11-9-12)16(20)18-14-6-4-13(17)5-7-14/h4-7,12,15H,3,8-11H2,1-2H3,(H,18,20). The highest BCUT2D eigenvalue weighted by atomic mass is 35.5. The van der Waals surface area contributed by atoms with E-state index >= 15 is 0 Å². The van der Waals surface area contributed by atoms with Crippen LogP contribution in [0, 0.1) is 11.8 Å². The number of hydrogen-bond donors (Lipinski definition) is 1. The van der Waals surface area contributed by atoms with E-state index in [0.29, 0.717) is 10.9 Å². The molecule has 0 aromatic heterocycles. The number of carbonyl (C=O) groups excluding carboxylic acids is 1. The Kier molecular flexibility index (Phi) is 5.44. The van der Waals surface area contributed by atoms with Gasteiger partial charge in [0.15, 0.2) is 0 Å². The zero-order valence-electron chi connectivity index (χ0n) is 12.2. The van der Waals surface area contributed by atoms with Crippen LogP contribution in [0.3, 0.4) is 0 Å². The highest BCUT2D eigenvalue weighted by Crippen LogP contribution is 2.28. The normalized spacial score (nSPS) is 18.8. The molecule has 0 saturated carbocycles. The summed E-state index contributed by atoms with van der Waals surface area (Å²) in [6.45, 7) is 4.29. The van der Waals surface area contributed by atoms with E-state index in [-0.39, 0.29) is 11.8 Å². The minimum Gasteiger partial charge on any atom is -0.326 e. The number of anilines is 1. The number of benzene rings is 1. The fourth-order valence-corrected chi connectivity index (χ4v) is 3.06. The Bertz CT molecular complexity index is 438. The molecule has 1 saturated heterocycles. The number of rotatable bonds is 4. The predicted octanol–water partition coefficient (Wildman–Crippen LogP) is 3.65. The Morgan fingerprint density at radius 3 is 2.50 bits per heavy atom. The average molecular weight is 295 g/mol. The zero-order chi connectivity index (χ0) is 14.5. The second-order valence-electron chi connectivity index (χ2n) is 5.65. The molecule has 0 aliphatic carbocycles. The fourth-order valence-electron chi connectivity index (χ4n) is 2.93. The monoisotopic (exact) mass is 294 g/mol. The SMILES string of the molecule is CCC(C(=O)Nc1ccc(Cl)cc1)C1CCN(C)CC1. The highest BCUT2D eigenvalue weighted by molar-refractivity contribution is 6.30. The van der Waals surface area contributed by atoms with E-state index in [2.05, 4.69) is 24.2 Å². The number of carbonyl (C=O) groups is 1. The molecular weight excluding hydrogens is 272 g/mol. The largest absolute Gasteiger partial charge is 0.326 e. The van der Waals surface area contributed by atoms with Gasteiger partial charge in [0.2, 0.25) is 5.91 Å². The first kappa shape index (κ1) is 15.3. The third kappa shape index (κ3) is 3.97. The summed E-state index contributed by atoms with van der Waals surface area (Å²) in [5.74, 6) is 0.757. The van der Waals surface area contributed by atoms with Gasteiger partial charge in [-0.15, -0.1) is 0 Å². The van der Waals surface area contributed by atoms with Crippen LogP contribution in [0.1, 0.15) is 26.2 Å². The van der Waals surface area contributed by atoms with Crippen molar-refractivity contribution in [2.24, 2.45) is 11.8 Å². The molecule has 0 bridgehead atoms. The first-order valence-electron chi connectivity index (χ1n) is 7.35. The van der Waals surface area contributed by atoms with Crippen LogP contribution >= 0.6 is 11.6 Å². The molecule has 1 aliphatic rings. The van der Waals surface area contributed by atoms with Gasteiger partial charge in [-0.25, -0.2) is 0 Å². The molecule has 1 fully saturated rings. The lowest BCUT2D eigenvalue weighted by Gasteiger charge is -2.33. The Hall–Kier alpha value is -1.06. The van der Waals surface area contributed by atoms with Crippen LogP contribution in [0.4, 0.5) is 5.69 Å². The third-order valence-corrected chi connectivity index (χ3v) is 4.47. The van der Waals surface area contributed by atoms with Crippen molar-refractivity contribution in [2.45, 2.75) is 26.2 Å². The molecule has 0 spiro atoms. The number of piperidine rings is 1. The van der Waals surface area contributed by atoms with E-state index in [4.69, 9.17) is 11.6 Å². The van der Waals surface area contributed by atoms with Gasteiger partial charge in [-0.2, -0.15) is 0 Å². The molecule has 1 aromatic carbocycles.